The number of benzene rings is 3. The molecule has 29 heavy (non-hydrogen) atoms. The molecule has 1 unspecified atom stereocenters. The van der Waals surface area contributed by atoms with E-state index in [1.165, 1.54) is 6.33 Å². The van der Waals surface area contributed by atoms with E-state index < -0.39 is 11.6 Å². The fourth-order valence-electron chi connectivity index (χ4n) is 4.10. The van der Waals surface area contributed by atoms with Crippen LogP contribution in [0.1, 0.15) is 22.7 Å². The SMILES string of the molecule is O=C1C(c2ccccc2O)Nc2ncnn2C1(c1ccccc1)c1ccccc1. The molecular formula is C23H18N4O2. The second-order valence-electron chi connectivity index (χ2n) is 6.94. The van der Waals surface area contributed by atoms with E-state index >= 15 is 0 Å². The Balaban J connectivity index is 1.84. The number of nitrogens with one attached hydrogen (secondary N) is 1. The number of aromatic nitrogens is 3. The normalized spacial score (nSPS) is 17.4. The molecule has 0 bridgehead atoms. The average molecular weight is 382 g/mol. The monoisotopic (exact) mass is 382 g/mol. The van der Waals surface area contributed by atoms with Gasteiger partial charge in [0, 0.05) is 5.56 Å². The predicted octanol–water partition coefficient (Wildman–Crippen LogP) is 3.51. The summed E-state index contributed by atoms with van der Waals surface area (Å²) in [5.41, 5.74) is 0.852. The number of hydrogen-bond donors (Lipinski definition) is 2. The highest BCUT2D eigenvalue weighted by atomic mass is 16.3. The topological polar surface area (TPSA) is 80.0 Å². The minimum Gasteiger partial charge on any atom is -0.508 e. The van der Waals surface area contributed by atoms with Gasteiger partial charge in [0.05, 0.1) is 0 Å². The van der Waals surface area contributed by atoms with Gasteiger partial charge in [-0.15, -0.1) is 0 Å². The van der Waals surface area contributed by atoms with Crippen molar-refractivity contribution in [3.63, 3.8) is 0 Å². The van der Waals surface area contributed by atoms with Crippen molar-refractivity contribution in [3.8, 4) is 5.75 Å². The van der Waals surface area contributed by atoms with Crippen LogP contribution in [0.5, 0.6) is 5.75 Å². The maximum atomic E-state index is 14.2. The van der Waals surface area contributed by atoms with Crippen LogP contribution in [0.3, 0.4) is 0 Å². The third-order valence-corrected chi connectivity index (χ3v) is 5.39. The molecule has 1 aliphatic heterocycles. The van der Waals surface area contributed by atoms with E-state index in [4.69, 9.17) is 0 Å². The van der Waals surface area contributed by atoms with Crippen molar-refractivity contribution in [1.82, 2.24) is 14.8 Å². The van der Waals surface area contributed by atoms with E-state index in [-0.39, 0.29) is 11.5 Å². The van der Waals surface area contributed by atoms with E-state index in [2.05, 4.69) is 15.4 Å². The van der Waals surface area contributed by atoms with Gasteiger partial charge in [-0.05, 0) is 17.2 Å². The lowest BCUT2D eigenvalue weighted by Crippen LogP contribution is -2.52. The number of phenols is 1. The summed E-state index contributed by atoms with van der Waals surface area (Å²) in [6.07, 6.45) is 1.43. The van der Waals surface area contributed by atoms with Crippen molar-refractivity contribution >= 4 is 11.7 Å². The molecular weight excluding hydrogens is 364 g/mol. The zero-order valence-electron chi connectivity index (χ0n) is 15.4. The first kappa shape index (κ1) is 17.2. The molecule has 0 spiro atoms. The van der Waals surface area contributed by atoms with Crippen molar-refractivity contribution in [2.45, 2.75) is 11.6 Å². The van der Waals surface area contributed by atoms with Crippen LogP contribution < -0.4 is 5.32 Å². The smallest absolute Gasteiger partial charge is 0.223 e. The van der Waals surface area contributed by atoms with Crippen LogP contribution in [0.2, 0.25) is 0 Å². The summed E-state index contributed by atoms with van der Waals surface area (Å²) in [6.45, 7) is 0. The van der Waals surface area contributed by atoms with Gasteiger partial charge in [-0.1, -0.05) is 78.9 Å². The van der Waals surface area contributed by atoms with Crippen LogP contribution in [0.25, 0.3) is 0 Å². The first-order valence-electron chi connectivity index (χ1n) is 9.33. The fourth-order valence-corrected chi connectivity index (χ4v) is 4.10. The number of fused-ring (bicyclic) bond motifs is 1. The average Bonchev–Trinajstić information content (AvgIpc) is 3.24. The maximum Gasteiger partial charge on any atom is 0.223 e. The maximum absolute atomic E-state index is 14.2. The Morgan fingerprint density at radius 2 is 1.45 bits per heavy atom. The van der Waals surface area contributed by atoms with Gasteiger partial charge in [0.15, 0.2) is 11.3 Å². The van der Waals surface area contributed by atoms with Gasteiger partial charge in [-0.3, -0.25) is 4.79 Å². The molecule has 1 aromatic heterocycles. The van der Waals surface area contributed by atoms with Crippen molar-refractivity contribution < 1.29 is 9.90 Å². The number of aromatic hydroxyl groups is 1. The highest BCUT2D eigenvalue weighted by molar-refractivity contribution is 6.01. The first-order valence-corrected chi connectivity index (χ1v) is 9.33. The van der Waals surface area contributed by atoms with Crippen LogP contribution in [0, 0.1) is 0 Å². The van der Waals surface area contributed by atoms with Gasteiger partial charge in [0.1, 0.15) is 18.1 Å². The van der Waals surface area contributed by atoms with Crippen LogP contribution >= 0.6 is 0 Å². The van der Waals surface area contributed by atoms with Gasteiger partial charge in [-0.2, -0.15) is 10.1 Å². The minimum atomic E-state index is -1.22. The quantitative estimate of drug-likeness (QED) is 0.567. The minimum absolute atomic E-state index is 0.0568. The first-order chi connectivity index (χ1) is 14.2. The summed E-state index contributed by atoms with van der Waals surface area (Å²) in [5.74, 6) is 0.376. The molecule has 4 aromatic rings. The summed E-state index contributed by atoms with van der Waals surface area (Å²) in [4.78, 5) is 18.5. The second kappa shape index (κ2) is 6.60. The Kier molecular flexibility index (Phi) is 3.91. The molecule has 5 rings (SSSR count). The molecule has 0 fully saturated rings. The molecule has 1 atom stereocenters. The fraction of sp³-hybridized carbons (Fsp3) is 0.0870. The summed E-state index contributed by atoms with van der Waals surface area (Å²) < 4.78 is 1.64. The molecule has 0 radical (unpaired) electrons. The third-order valence-electron chi connectivity index (χ3n) is 5.39. The highest BCUT2D eigenvalue weighted by Crippen LogP contribution is 2.45. The summed E-state index contributed by atoms with van der Waals surface area (Å²) in [5, 5.41) is 18.0. The lowest BCUT2D eigenvalue weighted by molar-refractivity contribution is -0.126. The van der Waals surface area contributed by atoms with Crippen molar-refractivity contribution in [2.75, 3.05) is 5.32 Å². The van der Waals surface area contributed by atoms with Gasteiger partial charge in [0.2, 0.25) is 5.95 Å². The number of anilines is 1. The summed E-state index contributed by atoms with van der Waals surface area (Å²) >= 11 is 0. The van der Waals surface area contributed by atoms with Gasteiger partial charge < -0.3 is 10.4 Å². The number of ketones is 1. The van der Waals surface area contributed by atoms with E-state index in [0.29, 0.717) is 11.5 Å². The molecule has 0 saturated heterocycles. The Morgan fingerprint density at radius 3 is 2.07 bits per heavy atom. The Hall–Kier alpha value is -3.93. The molecule has 3 aromatic carbocycles. The molecule has 2 N–H and O–H groups in total. The summed E-state index contributed by atoms with van der Waals surface area (Å²) in [6, 6.07) is 25.2. The molecule has 0 saturated carbocycles. The predicted molar refractivity (Wildman–Crippen MR) is 109 cm³/mol. The van der Waals surface area contributed by atoms with E-state index in [1.807, 2.05) is 60.7 Å². The van der Waals surface area contributed by atoms with Gasteiger partial charge in [-0.25, -0.2) is 4.68 Å². The molecule has 0 amide bonds. The largest absolute Gasteiger partial charge is 0.508 e. The van der Waals surface area contributed by atoms with Crippen LogP contribution in [0.15, 0.2) is 91.3 Å². The number of Topliss-reactive ketones (excluding diaryl/α,β-unsaturated/α-hetero) is 1. The van der Waals surface area contributed by atoms with Crippen LogP contribution in [-0.4, -0.2) is 25.7 Å². The van der Waals surface area contributed by atoms with E-state index in [0.717, 1.165) is 11.1 Å². The number of nitrogens with zero attached hydrogens (tertiary/aromatic N) is 3. The third kappa shape index (κ3) is 2.46. The zero-order chi connectivity index (χ0) is 19.8. The Morgan fingerprint density at radius 1 is 0.862 bits per heavy atom. The highest BCUT2D eigenvalue weighted by Gasteiger charge is 2.53. The molecule has 6 nitrogen and oxygen atoms in total. The lowest BCUT2D eigenvalue weighted by atomic mass is 9.74. The second-order valence-corrected chi connectivity index (χ2v) is 6.94. The van der Waals surface area contributed by atoms with Gasteiger partial charge >= 0.3 is 0 Å². The molecule has 2 heterocycles. The summed E-state index contributed by atoms with van der Waals surface area (Å²) in [7, 11) is 0. The van der Waals surface area contributed by atoms with E-state index in [9.17, 15) is 9.90 Å². The van der Waals surface area contributed by atoms with Crippen molar-refractivity contribution in [2.24, 2.45) is 0 Å². The standard InChI is InChI=1S/C23H18N4O2/c28-19-14-8-7-13-18(19)20-21(29)23(16-9-3-1-4-10-16,17-11-5-2-6-12-17)27-22(26-20)24-15-25-27/h1-15,20,28H,(H,24,25,26). The van der Waals surface area contributed by atoms with Crippen molar-refractivity contribution in [3.05, 3.63) is 108 Å². The molecule has 142 valence electrons. The Bertz CT molecular complexity index is 1130. The van der Waals surface area contributed by atoms with Crippen LogP contribution in [0.4, 0.5) is 5.95 Å². The zero-order valence-corrected chi connectivity index (χ0v) is 15.4. The molecule has 6 heteroatoms. The van der Waals surface area contributed by atoms with Crippen LogP contribution in [-0.2, 0) is 10.3 Å². The van der Waals surface area contributed by atoms with Gasteiger partial charge in [0.25, 0.3) is 0 Å². The lowest BCUT2D eigenvalue weighted by Gasteiger charge is -2.41. The number of phenolic OH excluding ortho intramolecular Hbond substituents is 1. The Labute approximate surface area is 167 Å². The molecule has 0 aliphatic carbocycles. The number of hydrogen-bond acceptors (Lipinski definition) is 5. The number of carbonyl (C=O) groups excluding carboxylic acids is 1. The van der Waals surface area contributed by atoms with Crippen molar-refractivity contribution in [1.29, 1.82) is 0 Å². The number of carbonyl (C=O) groups is 1. The number of para-hydroxylation sites is 1. The number of rotatable bonds is 3. The molecule has 1 aliphatic rings. The van der Waals surface area contributed by atoms with E-state index in [1.54, 1.807) is 28.9 Å².